The number of hydrogen-bond donors (Lipinski definition) is 4. The molecular weight excluding hydrogens is 422 g/mol. The summed E-state index contributed by atoms with van der Waals surface area (Å²) in [5.41, 5.74) is 7.36. The molecule has 3 rings (SSSR count). The van der Waals surface area contributed by atoms with Crippen LogP contribution in [0, 0.1) is 17.2 Å². The first-order valence-electron chi connectivity index (χ1n) is 11.1. The van der Waals surface area contributed by atoms with Crippen LogP contribution in [0.4, 0.5) is 11.5 Å². The highest BCUT2D eigenvalue weighted by atomic mass is 16.5. The van der Waals surface area contributed by atoms with Gasteiger partial charge in [-0.3, -0.25) is 19.8 Å². The van der Waals surface area contributed by atoms with E-state index in [0.717, 1.165) is 12.0 Å². The Labute approximate surface area is 192 Å². The van der Waals surface area contributed by atoms with E-state index >= 15 is 0 Å². The van der Waals surface area contributed by atoms with Gasteiger partial charge in [-0.2, -0.15) is 0 Å². The molecule has 0 spiro atoms. The first-order chi connectivity index (χ1) is 15.8. The summed E-state index contributed by atoms with van der Waals surface area (Å²) >= 11 is 0. The van der Waals surface area contributed by atoms with Gasteiger partial charge in [0.25, 0.3) is 0 Å². The monoisotopic (exact) mass is 451 g/mol. The molecule has 2 atom stereocenters. The van der Waals surface area contributed by atoms with Crippen LogP contribution in [0.1, 0.15) is 50.7 Å². The van der Waals surface area contributed by atoms with E-state index in [0.29, 0.717) is 30.5 Å². The van der Waals surface area contributed by atoms with Crippen molar-refractivity contribution in [3.05, 3.63) is 47.7 Å². The van der Waals surface area contributed by atoms with Crippen LogP contribution in [0.2, 0.25) is 0 Å². The summed E-state index contributed by atoms with van der Waals surface area (Å²) in [4.78, 5) is 42.1. The van der Waals surface area contributed by atoms with E-state index in [1.54, 1.807) is 43.5 Å². The molecule has 0 saturated heterocycles. The topological polar surface area (TPSA) is 147 Å². The van der Waals surface area contributed by atoms with Crippen LogP contribution in [0.15, 0.2) is 36.5 Å². The van der Waals surface area contributed by atoms with Gasteiger partial charge < -0.3 is 21.1 Å². The Morgan fingerprint density at radius 1 is 1.06 bits per heavy atom. The zero-order valence-electron chi connectivity index (χ0n) is 18.8. The second-order valence-electron chi connectivity index (χ2n) is 7.94. The van der Waals surface area contributed by atoms with E-state index in [-0.39, 0.29) is 35.6 Å². The number of benzene rings is 1. The molecule has 1 heterocycles. The number of rotatable bonds is 8. The SMILES string of the molecule is CCC(=O)Oc1c(CC)ccnc1NC(=O)[C@H]1CCCC1C(=O)Nc1ccc(C(=N)N)cc1. The number of nitrogens with one attached hydrogen (secondary N) is 3. The molecule has 1 unspecified atom stereocenters. The van der Waals surface area contributed by atoms with Crippen LogP contribution in [-0.4, -0.2) is 28.6 Å². The first-order valence-corrected chi connectivity index (χ1v) is 11.1. The molecule has 1 aliphatic rings. The molecule has 0 aliphatic heterocycles. The molecule has 33 heavy (non-hydrogen) atoms. The van der Waals surface area contributed by atoms with Crippen molar-refractivity contribution in [2.75, 3.05) is 10.6 Å². The van der Waals surface area contributed by atoms with Crippen molar-refractivity contribution in [3.8, 4) is 5.75 Å². The van der Waals surface area contributed by atoms with Gasteiger partial charge >= 0.3 is 5.97 Å². The average molecular weight is 452 g/mol. The number of amidine groups is 1. The fourth-order valence-electron chi connectivity index (χ4n) is 3.92. The van der Waals surface area contributed by atoms with Crippen LogP contribution < -0.4 is 21.1 Å². The molecule has 1 aliphatic carbocycles. The van der Waals surface area contributed by atoms with Crippen LogP contribution in [0.5, 0.6) is 5.75 Å². The van der Waals surface area contributed by atoms with E-state index in [2.05, 4.69) is 15.6 Å². The summed E-state index contributed by atoms with van der Waals surface area (Å²) in [6.07, 6.45) is 4.28. The zero-order chi connectivity index (χ0) is 24.0. The number of aromatic nitrogens is 1. The van der Waals surface area contributed by atoms with Crippen molar-refractivity contribution in [3.63, 3.8) is 0 Å². The minimum atomic E-state index is -0.525. The standard InChI is InChI=1S/C24H29N5O4/c1-3-14-12-13-27-22(20(14)33-19(30)4-2)29-24(32)18-7-5-6-17(18)23(31)28-16-10-8-15(9-11-16)21(25)26/h8-13,17-18H,3-7H2,1-2H3,(H3,25,26)(H,28,31)(H,27,29,32)/t17?,18-/m0/s1. The number of esters is 1. The Balaban J connectivity index is 1.73. The molecule has 0 radical (unpaired) electrons. The lowest BCUT2D eigenvalue weighted by Gasteiger charge is -2.20. The Hall–Kier alpha value is -3.75. The molecule has 1 fully saturated rings. The van der Waals surface area contributed by atoms with Crippen molar-refractivity contribution >= 4 is 35.1 Å². The minimum absolute atomic E-state index is 0.0508. The number of nitrogen functional groups attached to an aromatic ring is 1. The second-order valence-corrected chi connectivity index (χ2v) is 7.94. The third kappa shape index (κ3) is 5.74. The molecule has 5 N–H and O–H groups in total. The number of carbonyl (C=O) groups is 3. The Kier molecular flexibility index (Phi) is 7.76. The molecule has 2 amide bonds. The third-order valence-corrected chi connectivity index (χ3v) is 5.77. The summed E-state index contributed by atoms with van der Waals surface area (Å²) in [5, 5.41) is 13.1. The summed E-state index contributed by atoms with van der Waals surface area (Å²) < 4.78 is 5.44. The smallest absolute Gasteiger partial charge is 0.311 e. The largest absolute Gasteiger partial charge is 0.422 e. The van der Waals surface area contributed by atoms with Gasteiger partial charge in [0.05, 0.1) is 0 Å². The van der Waals surface area contributed by atoms with Gasteiger partial charge in [0, 0.05) is 41.3 Å². The number of nitrogens with two attached hydrogens (primary N) is 1. The fourth-order valence-corrected chi connectivity index (χ4v) is 3.92. The lowest BCUT2D eigenvalue weighted by Crippen LogP contribution is -2.33. The van der Waals surface area contributed by atoms with Crippen LogP contribution in [0.25, 0.3) is 0 Å². The molecule has 1 aromatic heterocycles. The number of carbonyl (C=O) groups excluding carboxylic acids is 3. The summed E-state index contributed by atoms with van der Waals surface area (Å²) in [5.74, 6) is -1.61. The quantitative estimate of drug-likeness (QED) is 0.275. The average Bonchev–Trinajstić information content (AvgIpc) is 3.30. The summed E-state index contributed by atoms with van der Waals surface area (Å²) in [6, 6.07) is 8.40. The van der Waals surface area contributed by atoms with Crippen LogP contribution in [-0.2, 0) is 20.8 Å². The maximum absolute atomic E-state index is 13.1. The van der Waals surface area contributed by atoms with Gasteiger partial charge in [-0.15, -0.1) is 0 Å². The van der Waals surface area contributed by atoms with Crippen molar-refractivity contribution in [1.29, 1.82) is 5.41 Å². The fraction of sp³-hybridized carbons (Fsp3) is 0.375. The van der Waals surface area contributed by atoms with E-state index in [1.807, 2.05) is 6.92 Å². The van der Waals surface area contributed by atoms with Gasteiger partial charge in [-0.05, 0) is 49.6 Å². The minimum Gasteiger partial charge on any atom is -0.422 e. The Morgan fingerprint density at radius 2 is 1.70 bits per heavy atom. The highest BCUT2D eigenvalue weighted by molar-refractivity contribution is 6.01. The van der Waals surface area contributed by atoms with Gasteiger partial charge in [-0.25, -0.2) is 4.98 Å². The van der Waals surface area contributed by atoms with Crippen molar-refractivity contribution < 1.29 is 19.1 Å². The number of pyridine rings is 1. The number of amides is 2. The van der Waals surface area contributed by atoms with Crippen molar-refractivity contribution in [1.82, 2.24) is 4.98 Å². The maximum Gasteiger partial charge on any atom is 0.311 e. The lowest BCUT2D eigenvalue weighted by atomic mass is 9.94. The van der Waals surface area contributed by atoms with E-state index in [4.69, 9.17) is 15.9 Å². The first kappa shape index (κ1) is 23.9. The molecule has 1 saturated carbocycles. The highest BCUT2D eigenvalue weighted by Gasteiger charge is 2.38. The van der Waals surface area contributed by atoms with E-state index in [9.17, 15) is 14.4 Å². The molecule has 9 nitrogen and oxygen atoms in total. The molecule has 174 valence electrons. The second kappa shape index (κ2) is 10.7. The number of aryl methyl sites for hydroxylation is 1. The van der Waals surface area contributed by atoms with Gasteiger partial charge in [0.1, 0.15) is 5.84 Å². The number of ether oxygens (including phenoxy) is 1. The molecule has 2 aromatic rings. The van der Waals surface area contributed by atoms with Gasteiger partial charge in [0.2, 0.25) is 11.8 Å². The Bertz CT molecular complexity index is 1050. The molecular formula is C24H29N5O4. The Morgan fingerprint density at radius 3 is 2.27 bits per heavy atom. The van der Waals surface area contributed by atoms with Gasteiger partial charge in [0.15, 0.2) is 11.6 Å². The highest BCUT2D eigenvalue weighted by Crippen LogP contribution is 2.35. The van der Waals surface area contributed by atoms with E-state index in [1.165, 1.54) is 0 Å². The maximum atomic E-state index is 13.1. The number of hydrogen-bond acceptors (Lipinski definition) is 6. The molecule has 0 bridgehead atoms. The predicted molar refractivity (Wildman–Crippen MR) is 125 cm³/mol. The number of nitrogens with zero attached hydrogens (tertiary/aromatic N) is 1. The summed E-state index contributed by atoms with van der Waals surface area (Å²) in [6.45, 7) is 3.61. The van der Waals surface area contributed by atoms with Crippen LogP contribution >= 0.6 is 0 Å². The normalized spacial score (nSPS) is 17.3. The number of anilines is 2. The molecule has 1 aromatic carbocycles. The zero-order valence-corrected chi connectivity index (χ0v) is 18.8. The van der Waals surface area contributed by atoms with Crippen molar-refractivity contribution in [2.24, 2.45) is 17.6 Å². The van der Waals surface area contributed by atoms with Gasteiger partial charge in [-0.1, -0.05) is 20.3 Å². The summed E-state index contributed by atoms with van der Waals surface area (Å²) in [7, 11) is 0. The van der Waals surface area contributed by atoms with Crippen LogP contribution in [0.3, 0.4) is 0 Å². The molecule has 9 heteroatoms. The third-order valence-electron chi connectivity index (χ3n) is 5.77. The predicted octanol–water partition coefficient (Wildman–Crippen LogP) is 3.24. The van der Waals surface area contributed by atoms with Crippen molar-refractivity contribution in [2.45, 2.75) is 46.0 Å². The van der Waals surface area contributed by atoms with E-state index < -0.39 is 17.8 Å². The lowest BCUT2D eigenvalue weighted by molar-refractivity contribution is -0.134.